The first kappa shape index (κ1) is 19.7. The number of nitrogens with two attached hydrogens (primary N) is 1. The van der Waals surface area contributed by atoms with Gasteiger partial charge in [-0.25, -0.2) is 9.78 Å². The van der Waals surface area contributed by atoms with Crippen molar-refractivity contribution in [2.75, 3.05) is 12.3 Å². The molecule has 0 bridgehead atoms. The Morgan fingerprint density at radius 1 is 1.41 bits per heavy atom. The number of rotatable bonds is 5. The summed E-state index contributed by atoms with van der Waals surface area (Å²) < 4.78 is 69.5. The Bertz CT molecular complexity index is 997. The number of pyridine rings is 1. The summed E-state index contributed by atoms with van der Waals surface area (Å²) in [7, 11) is -5.86. The average molecular weight is 424 g/mol. The predicted molar refractivity (Wildman–Crippen MR) is 92.2 cm³/mol. The van der Waals surface area contributed by atoms with E-state index in [1.807, 2.05) is 0 Å². The number of nitrogen functional groups attached to an aromatic ring is 1. The zero-order valence-electron chi connectivity index (χ0n) is 14.0. The average Bonchev–Trinajstić information content (AvgIpc) is 2.81. The summed E-state index contributed by atoms with van der Waals surface area (Å²) in [5, 5.41) is 0.421. The topological polar surface area (TPSA) is 109 Å². The minimum absolute atomic E-state index is 0.0293. The fourth-order valence-electron chi connectivity index (χ4n) is 2.72. The number of anilines is 1. The molecule has 0 unspecified atom stereocenters. The van der Waals surface area contributed by atoms with Crippen LogP contribution in [0.4, 0.5) is 18.9 Å². The maximum absolute atomic E-state index is 12.6. The molecule has 2 aromatic rings. The molecular weight excluding hydrogens is 409 g/mol. The van der Waals surface area contributed by atoms with Crippen molar-refractivity contribution in [2.24, 2.45) is 0 Å². The Morgan fingerprint density at radius 3 is 2.59 bits per heavy atom. The molecule has 7 nitrogen and oxygen atoms in total. The molecule has 12 heteroatoms. The molecule has 0 atom stereocenters. The number of thiophene rings is 1. The summed E-state index contributed by atoms with van der Waals surface area (Å²) in [5.41, 5.74) is 1.12. The van der Waals surface area contributed by atoms with Crippen LogP contribution in [0.3, 0.4) is 0 Å². The van der Waals surface area contributed by atoms with Gasteiger partial charge in [-0.05, 0) is 31.2 Å². The summed E-state index contributed by atoms with van der Waals surface area (Å²) in [4.78, 5) is 16.1. The van der Waals surface area contributed by atoms with E-state index in [0.717, 1.165) is 36.7 Å². The Labute approximate surface area is 156 Å². The number of aromatic nitrogens is 1. The Balaban J connectivity index is 2.14. The number of ether oxygens (including phenoxy) is 1. The van der Waals surface area contributed by atoms with E-state index >= 15 is 0 Å². The van der Waals surface area contributed by atoms with Crippen molar-refractivity contribution in [3.63, 3.8) is 0 Å². The molecule has 0 saturated heterocycles. The highest BCUT2D eigenvalue weighted by Crippen LogP contribution is 2.46. The fourth-order valence-corrected chi connectivity index (χ4v) is 4.14. The highest BCUT2D eigenvalue weighted by atomic mass is 32.2. The maximum Gasteiger partial charge on any atom is 0.534 e. The van der Waals surface area contributed by atoms with Crippen LogP contribution in [0.1, 0.15) is 47.3 Å². The third-order valence-electron chi connectivity index (χ3n) is 4.19. The van der Waals surface area contributed by atoms with Crippen molar-refractivity contribution in [3.8, 4) is 5.88 Å². The number of esters is 1. The summed E-state index contributed by atoms with van der Waals surface area (Å²) >= 11 is 0.819. The predicted octanol–water partition coefficient (Wildman–Crippen LogP) is 3.55. The molecule has 1 fully saturated rings. The molecule has 0 aliphatic heterocycles. The van der Waals surface area contributed by atoms with Crippen molar-refractivity contribution in [3.05, 3.63) is 16.5 Å². The van der Waals surface area contributed by atoms with Gasteiger partial charge in [-0.15, -0.1) is 11.3 Å². The number of carbonyl (C=O) groups is 1. The lowest BCUT2D eigenvalue weighted by Gasteiger charge is -2.26. The van der Waals surface area contributed by atoms with E-state index in [9.17, 15) is 26.4 Å². The first-order valence-corrected chi connectivity index (χ1v) is 10.2. The lowest BCUT2D eigenvalue weighted by Crippen LogP contribution is -2.28. The van der Waals surface area contributed by atoms with Crippen LogP contribution >= 0.6 is 11.3 Å². The molecule has 2 aromatic heterocycles. The molecule has 0 spiro atoms. The molecule has 3 rings (SSSR count). The van der Waals surface area contributed by atoms with E-state index in [1.165, 1.54) is 0 Å². The fraction of sp³-hybridized carbons (Fsp3) is 0.467. The van der Waals surface area contributed by atoms with E-state index < -0.39 is 27.5 Å². The van der Waals surface area contributed by atoms with Gasteiger partial charge in [0.15, 0.2) is 0 Å². The molecule has 1 aliphatic rings. The van der Waals surface area contributed by atoms with Crippen LogP contribution < -0.4 is 9.92 Å². The number of nitrogens with zero attached hydrogens (tertiary/aromatic N) is 1. The molecule has 2 N–H and O–H groups in total. The molecule has 2 heterocycles. The SMILES string of the molecule is CCOC(=O)c1sc2nc(OS(=O)(=O)C(F)(F)F)cc(C3CCC3)c2c1N. The second-order valence-electron chi connectivity index (χ2n) is 5.91. The minimum Gasteiger partial charge on any atom is -0.462 e. The van der Waals surface area contributed by atoms with Gasteiger partial charge < -0.3 is 14.7 Å². The number of fused-ring (bicyclic) bond motifs is 1. The van der Waals surface area contributed by atoms with Gasteiger partial charge in [-0.3, -0.25) is 0 Å². The van der Waals surface area contributed by atoms with Gasteiger partial charge in [0.1, 0.15) is 9.71 Å². The van der Waals surface area contributed by atoms with Crippen LogP contribution in [-0.2, 0) is 14.9 Å². The van der Waals surface area contributed by atoms with E-state index in [1.54, 1.807) is 6.92 Å². The minimum atomic E-state index is -5.86. The largest absolute Gasteiger partial charge is 0.534 e. The second-order valence-corrected chi connectivity index (χ2v) is 8.44. The highest BCUT2D eigenvalue weighted by Gasteiger charge is 2.49. The monoisotopic (exact) mass is 424 g/mol. The normalized spacial score (nSPS) is 15.6. The van der Waals surface area contributed by atoms with Gasteiger partial charge in [0.05, 0.1) is 12.3 Å². The summed E-state index contributed by atoms with van der Waals surface area (Å²) in [5.74, 6) is -1.42. The van der Waals surface area contributed by atoms with Crippen LogP contribution in [0.2, 0.25) is 0 Å². The van der Waals surface area contributed by atoms with Gasteiger partial charge in [-0.1, -0.05) is 6.42 Å². The molecule has 27 heavy (non-hydrogen) atoms. The van der Waals surface area contributed by atoms with Crippen LogP contribution in [0.25, 0.3) is 10.2 Å². The number of halogens is 3. The Kier molecular flexibility index (Phi) is 4.97. The number of alkyl halides is 3. The smallest absolute Gasteiger partial charge is 0.462 e. The summed E-state index contributed by atoms with van der Waals surface area (Å²) in [6.45, 7) is 1.74. The third kappa shape index (κ3) is 3.55. The maximum atomic E-state index is 12.6. The number of hydrogen-bond acceptors (Lipinski definition) is 8. The number of hydrogen-bond donors (Lipinski definition) is 1. The Hall–Kier alpha value is -2.08. The zero-order valence-corrected chi connectivity index (χ0v) is 15.6. The van der Waals surface area contributed by atoms with Crippen molar-refractivity contribution >= 4 is 43.3 Å². The summed E-state index contributed by atoms with van der Waals surface area (Å²) in [6, 6.07) is 1.15. The van der Waals surface area contributed by atoms with Crippen LogP contribution in [0.15, 0.2) is 6.07 Å². The van der Waals surface area contributed by atoms with Gasteiger partial charge >= 0.3 is 21.6 Å². The van der Waals surface area contributed by atoms with Crippen LogP contribution in [0.5, 0.6) is 5.88 Å². The first-order valence-electron chi connectivity index (χ1n) is 7.96. The summed E-state index contributed by atoms with van der Waals surface area (Å²) in [6.07, 6.45) is 2.43. The molecule has 0 amide bonds. The first-order chi connectivity index (χ1) is 12.5. The van der Waals surface area contributed by atoms with E-state index in [4.69, 9.17) is 10.5 Å². The van der Waals surface area contributed by atoms with E-state index in [0.29, 0.717) is 10.9 Å². The Morgan fingerprint density at radius 2 is 2.07 bits per heavy atom. The van der Waals surface area contributed by atoms with Gasteiger partial charge in [0, 0.05) is 11.5 Å². The third-order valence-corrected chi connectivity index (χ3v) is 6.23. The van der Waals surface area contributed by atoms with Gasteiger partial charge in [-0.2, -0.15) is 21.6 Å². The molecule has 1 saturated carbocycles. The van der Waals surface area contributed by atoms with Crippen molar-refractivity contribution in [2.45, 2.75) is 37.6 Å². The number of carbonyl (C=O) groups excluding carboxylic acids is 1. The molecule has 0 radical (unpaired) electrons. The molecular formula is C15H15F3N2O5S2. The highest BCUT2D eigenvalue weighted by molar-refractivity contribution is 7.87. The van der Waals surface area contributed by atoms with Gasteiger partial charge in [0.2, 0.25) is 5.88 Å². The lowest BCUT2D eigenvalue weighted by atomic mass is 9.79. The molecule has 0 aromatic carbocycles. The van der Waals surface area contributed by atoms with Crippen LogP contribution in [0, 0.1) is 0 Å². The zero-order chi connectivity index (χ0) is 20.0. The van der Waals surface area contributed by atoms with Crippen LogP contribution in [-0.4, -0.2) is 31.5 Å². The van der Waals surface area contributed by atoms with E-state index in [-0.39, 0.29) is 27.9 Å². The standard InChI is InChI=1S/C15H15F3N2O5S2/c1-2-24-14(21)12-11(19)10-8(7-4-3-5-7)6-9(20-13(10)26-12)25-27(22,23)15(16,17)18/h6-7H,2-5,19H2,1H3. The van der Waals surface area contributed by atoms with Crippen molar-refractivity contribution in [1.82, 2.24) is 4.98 Å². The lowest BCUT2D eigenvalue weighted by molar-refractivity contribution is -0.0501. The van der Waals surface area contributed by atoms with Crippen molar-refractivity contribution < 1.29 is 35.3 Å². The molecule has 1 aliphatic carbocycles. The second kappa shape index (κ2) is 6.82. The quantitative estimate of drug-likeness (QED) is 0.444. The van der Waals surface area contributed by atoms with Gasteiger partial charge in [0.25, 0.3) is 0 Å². The van der Waals surface area contributed by atoms with Crippen molar-refractivity contribution in [1.29, 1.82) is 0 Å². The molecule has 148 valence electrons. The van der Waals surface area contributed by atoms with E-state index in [2.05, 4.69) is 9.17 Å².